The summed E-state index contributed by atoms with van der Waals surface area (Å²) in [5.41, 5.74) is -1.73. The summed E-state index contributed by atoms with van der Waals surface area (Å²) in [5.74, 6) is -0.763. The van der Waals surface area contributed by atoms with Crippen LogP contribution in [0, 0.1) is 5.92 Å². The van der Waals surface area contributed by atoms with Gasteiger partial charge in [-0.3, -0.25) is 19.3 Å². The van der Waals surface area contributed by atoms with Gasteiger partial charge < -0.3 is 19.7 Å². The van der Waals surface area contributed by atoms with Gasteiger partial charge in [-0.25, -0.2) is 4.79 Å². The molecule has 0 aromatic rings. The van der Waals surface area contributed by atoms with Gasteiger partial charge in [0.05, 0.1) is 7.11 Å². The topological polar surface area (TPSA) is 105 Å². The number of nitrogens with one attached hydrogen (secondary N) is 1. The third-order valence-corrected chi connectivity index (χ3v) is 5.75. The molecule has 0 unspecified atom stereocenters. The number of hydrogen-bond acceptors (Lipinski definition) is 6. The molecule has 0 spiro atoms. The zero-order chi connectivity index (χ0) is 23.4. The summed E-state index contributed by atoms with van der Waals surface area (Å²) >= 11 is 0. The lowest BCUT2D eigenvalue weighted by Gasteiger charge is -2.33. The number of nitrogens with zero attached hydrogens (tertiary/aromatic N) is 2. The molecule has 9 nitrogen and oxygen atoms in total. The molecule has 2 aliphatic rings. The summed E-state index contributed by atoms with van der Waals surface area (Å²) in [5, 5.41) is 2.98. The van der Waals surface area contributed by atoms with E-state index in [9.17, 15) is 19.2 Å². The smallest absolute Gasteiger partial charge is 0.410 e. The highest BCUT2D eigenvalue weighted by Gasteiger charge is 2.49. The second-order valence-electron chi connectivity index (χ2n) is 9.89. The number of rotatable bonds is 7. The summed E-state index contributed by atoms with van der Waals surface area (Å²) in [6.07, 6.45) is 2.33. The quantitative estimate of drug-likeness (QED) is 0.609. The second kappa shape index (κ2) is 9.87. The van der Waals surface area contributed by atoms with E-state index in [0.717, 1.165) is 6.42 Å². The molecular weight excluding hydrogens is 402 g/mol. The Hall–Kier alpha value is -2.32. The lowest BCUT2D eigenvalue weighted by atomic mass is 9.88. The molecule has 2 atom stereocenters. The molecule has 2 fully saturated rings. The Labute approximate surface area is 184 Å². The molecule has 2 heterocycles. The normalized spacial score (nSPS) is 24.0. The van der Waals surface area contributed by atoms with Crippen LogP contribution in [0.3, 0.4) is 0 Å². The first kappa shape index (κ1) is 24.9. The predicted molar refractivity (Wildman–Crippen MR) is 114 cm³/mol. The molecule has 0 radical (unpaired) electrons. The summed E-state index contributed by atoms with van der Waals surface area (Å²) < 4.78 is 10.1. The van der Waals surface area contributed by atoms with E-state index >= 15 is 0 Å². The van der Waals surface area contributed by atoms with E-state index < -0.39 is 29.2 Å². The van der Waals surface area contributed by atoms with Gasteiger partial charge in [-0.05, 0) is 58.8 Å². The molecule has 0 bridgehead atoms. The Kier molecular flexibility index (Phi) is 7.94. The van der Waals surface area contributed by atoms with E-state index in [0.29, 0.717) is 44.7 Å². The summed E-state index contributed by atoms with van der Waals surface area (Å²) in [6.45, 7) is 10.1. The molecule has 2 rings (SSSR count). The number of amides is 3. The van der Waals surface area contributed by atoms with Crippen molar-refractivity contribution in [1.29, 1.82) is 0 Å². The number of carbonyl (C=O) groups excluding carboxylic acids is 4. The number of likely N-dealkylation sites (tertiary alicyclic amines) is 2. The van der Waals surface area contributed by atoms with E-state index in [2.05, 4.69) is 19.2 Å². The van der Waals surface area contributed by atoms with Crippen LogP contribution in [-0.4, -0.2) is 77.6 Å². The first-order valence-electron chi connectivity index (χ1n) is 11.1. The molecule has 0 aromatic heterocycles. The van der Waals surface area contributed by atoms with Gasteiger partial charge in [-0.2, -0.15) is 0 Å². The van der Waals surface area contributed by atoms with Crippen LogP contribution >= 0.6 is 0 Å². The van der Waals surface area contributed by atoms with Crippen LogP contribution in [0.1, 0.15) is 66.7 Å². The van der Waals surface area contributed by atoms with E-state index in [-0.39, 0.29) is 18.4 Å². The van der Waals surface area contributed by atoms with E-state index in [1.165, 1.54) is 16.9 Å². The highest BCUT2D eigenvalue weighted by molar-refractivity contribution is 5.96. The Morgan fingerprint density at radius 1 is 1.23 bits per heavy atom. The van der Waals surface area contributed by atoms with Crippen LogP contribution in [0.2, 0.25) is 0 Å². The SMILES string of the molecule is COC(=O)CN1CC[C@@](CCC(C)C)(NC(=O)[C@@H]2CCCN2C(=O)OC(C)(C)C)C1=O. The molecule has 9 heteroatoms. The lowest BCUT2D eigenvalue weighted by Crippen LogP contribution is -2.59. The number of esters is 1. The number of methoxy groups -OCH3 is 1. The summed E-state index contributed by atoms with van der Waals surface area (Å²) in [7, 11) is 1.28. The van der Waals surface area contributed by atoms with Crippen molar-refractivity contribution in [2.45, 2.75) is 83.9 Å². The number of carbonyl (C=O) groups is 4. The van der Waals surface area contributed by atoms with Crippen molar-refractivity contribution in [3.63, 3.8) is 0 Å². The highest BCUT2D eigenvalue weighted by atomic mass is 16.6. The van der Waals surface area contributed by atoms with Crippen LogP contribution in [-0.2, 0) is 23.9 Å². The van der Waals surface area contributed by atoms with Gasteiger partial charge in [-0.1, -0.05) is 13.8 Å². The fraction of sp³-hybridized carbons (Fsp3) is 0.818. The van der Waals surface area contributed by atoms with Crippen molar-refractivity contribution in [3.8, 4) is 0 Å². The monoisotopic (exact) mass is 439 g/mol. The maximum atomic E-state index is 13.2. The van der Waals surface area contributed by atoms with Crippen LogP contribution in [0.25, 0.3) is 0 Å². The van der Waals surface area contributed by atoms with Gasteiger partial charge in [0, 0.05) is 13.1 Å². The third-order valence-electron chi connectivity index (χ3n) is 5.75. The molecule has 2 aliphatic heterocycles. The van der Waals surface area contributed by atoms with Crippen LogP contribution < -0.4 is 5.32 Å². The summed E-state index contributed by atoms with van der Waals surface area (Å²) in [6, 6.07) is -0.673. The molecule has 0 aliphatic carbocycles. The van der Waals surface area contributed by atoms with Gasteiger partial charge in [0.15, 0.2) is 0 Å². The van der Waals surface area contributed by atoms with Crippen LogP contribution in [0.5, 0.6) is 0 Å². The van der Waals surface area contributed by atoms with Crippen LogP contribution in [0.4, 0.5) is 4.79 Å². The average molecular weight is 440 g/mol. The average Bonchev–Trinajstić information content (AvgIpc) is 3.26. The van der Waals surface area contributed by atoms with Gasteiger partial charge >= 0.3 is 12.1 Å². The van der Waals surface area contributed by atoms with Gasteiger partial charge in [0.25, 0.3) is 0 Å². The third kappa shape index (κ3) is 6.33. The first-order chi connectivity index (χ1) is 14.4. The zero-order valence-electron chi connectivity index (χ0n) is 19.7. The molecule has 3 amide bonds. The fourth-order valence-electron chi connectivity index (χ4n) is 4.05. The lowest BCUT2D eigenvalue weighted by molar-refractivity contribution is -0.147. The Bertz CT molecular complexity index is 702. The van der Waals surface area contributed by atoms with Gasteiger partial charge in [-0.15, -0.1) is 0 Å². The van der Waals surface area contributed by atoms with Gasteiger partial charge in [0.2, 0.25) is 11.8 Å². The molecule has 0 saturated carbocycles. The van der Waals surface area contributed by atoms with Crippen molar-refractivity contribution >= 4 is 23.9 Å². The Morgan fingerprint density at radius 3 is 2.48 bits per heavy atom. The van der Waals surface area contributed by atoms with Crippen molar-refractivity contribution in [2.24, 2.45) is 5.92 Å². The summed E-state index contributed by atoms with van der Waals surface area (Å²) in [4.78, 5) is 53.6. The van der Waals surface area contributed by atoms with Gasteiger partial charge in [0.1, 0.15) is 23.7 Å². The van der Waals surface area contributed by atoms with Crippen LogP contribution in [0.15, 0.2) is 0 Å². The molecule has 31 heavy (non-hydrogen) atoms. The maximum Gasteiger partial charge on any atom is 0.410 e. The fourth-order valence-corrected chi connectivity index (χ4v) is 4.05. The molecule has 0 aromatic carbocycles. The second-order valence-corrected chi connectivity index (χ2v) is 9.89. The molecular formula is C22H37N3O6. The van der Waals surface area contributed by atoms with Crippen molar-refractivity contribution in [1.82, 2.24) is 15.1 Å². The molecule has 1 N–H and O–H groups in total. The largest absolute Gasteiger partial charge is 0.468 e. The van der Waals surface area contributed by atoms with Crippen molar-refractivity contribution < 1.29 is 28.7 Å². The van der Waals surface area contributed by atoms with E-state index in [1.54, 1.807) is 20.8 Å². The van der Waals surface area contributed by atoms with Crippen molar-refractivity contribution in [2.75, 3.05) is 26.7 Å². The number of hydrogen-bond donors (Lipinski definition) is 1. The Balaban J connectivity index is 2.17. The maximum absolute atomic E-state index is 13.2. The van der Waals surface area contributed by atoms with E-state index in [1.807, 2.05) is 0 Å². The standard InChI is InChI=1S/C22H37N3O6/c1-15(2)9-10-22(11-13-24(19(22)28)14-17(26)30-6)23-18(27)16-8-7-12-25(16)20(29)31-21(3,4)5/h15-16H,7-14H2,1-6H3,(H,23,27)/t16-,22+/m0/s1. The molecule has 176 valence electrons. The molecule has 2 saturated heterocycles. The highest BCUT2D eigenvalue weighted by Crippen LogP contribution is 2.31. The predicted octanol–water partition coefficient (Wildman–Crippen LogP) is 2.08. The Morgan fingerprint density at radius 2 is 1.90 bits per heavy atom. The minimum absolute atomic E-state index is 0.137. The van der Waals surface area contributed by atoms with Crippen molar-refractivity contribution in [3.05, 3.63) is 0 Å². The minimum Gasteiger partial charge on any atom is -0.468 e. The minimum atomic E-state index is -1.07. The zero-order valence-corrected chi connectivity index (χ0v) is 19.7. The number of ether oxygens (including phenoxy) is 2. The van der Waals surface area contributed by atoms with E-state index in [4.69, 9.17) is 9.47 Å². The first-order valence-corrected chi connectivity index (χ1v) is 11.1.